The second kappa shape index (κ2) is 7.47. The summed E-state index contributed by atoms with van der Waals surface area (Å²) in [6.45, 7) is 2.20. The number of thioether (sulfide) groups is 1. The summed E-state index contributed by atoms with van der Waals surface area (Å²) in [5, 5.41) is 2.66. The fraction of sp³-hybridized carbons (Fsp3) is 0.500. The maximum absolute atomic E-state index is 12.5. The van der Waals surface area contributed by atoms with Crippen LogP contribution in [0.4, 0.5) is 0 Å². The number of ether oxygens (including phenoxy) is 1. The molecule has 2 aliphatic heterocycles. The van der Waals surface area contributed by atoms with Gasteiger partial charge in [0.1, 0.15) is 10.9 Å². The molecule has 0 radical (unpaired) electrons. The average Bonchev–Trinajstić information content (AvgIpc) is 3.18. The van der Waals surface area contributed by atoms with E-state index in [4.69, 9.17) is 4.74 Å². The molecule has 2 amide bonds. The van der Waals surface area contributed by atoms with Gasteiger partial charge in [0.15, 0.2) is 6.61 Å². The summed E-state index contributed by atoms with van der Waals surface area (Å²) < 4.78 is 5.16. The lowest BCUT2D eigenvalue weighted by atomic mass is 10.0. The zero-order valence-electron chi connectivity index (χ0n) is 14.2. The number of nitrogens with one attached hydrogen (secondary N) is 1. The largest absolute Gasteiger partial charge is 0.454 e. The maximum Gasteiger partial charge on any atom is 0.330 e. The Hall–Kier alpha value is -2.02. The van der Waals surface area contributed by atoms with Crippen LogP contribution in [0.5, 0.6) is 0 Å². The van der Waals surface area contributed by atoms with Crippen LogP contribution in [-0.2, 0) is 24.0 Å². The van der Waals surface area contributed by atoms with Gasteiger partial charge in [-0.05, 0) is 18.4 Å². The molecule has 2 saturated heterocycles. The molecular formula is C18H22N2O4S. The van der Waals surface area contributed by atoms with Gasteiger partial charge >= 0.3 is 5.97 Å². The van der Waals surface area contributed by atoms with Crippen LogP contribution in [0.1, 0.15) is 31.7 Å². The second-order valence-electron chi connectivity index (χ2n) is 6.20. The van der Waals surface area contributed by atoms with Gasteiger partial charge < -0.3 is 15.0 Å². The Morgan fingerprint density at radius 1 is 1.36 bits per heavy atom. The molecule has 2 atom stereocenters. The number of amides is 2. The number of hydrogen-bond donors (Lipinski definition) is 1. The van der Waals surface area contributed by atoms with Crippen molar-refractivity contribution in [3.8, 4) is 0 Å². The fourth-order valence-electron chi connectivity index (χ4n) is 3.36. The highest BCUT2D eigenvalue weighted by Gasteiger charge is 2.57. The molecule has 1 N–H and O–H groups in total. The van der Waals surface area contributed by atoms with E-state index in [1.807, 2.05) is 37.3 Å². The van der Waals surface area contributed by atoms with E-state index in [2.05, 4.69) is 5.32 Å². The van der Waals surface area contributed by atoms with Crippen LogP contribution in [0.25, 0.3) is 0 Å². The van der Waals surface area contributed by atoms with Gasteiger partial charge in [0.05, 0.1) is 0 Å². The molecule has 0 unspecified atom stereocenters. The highest BCUT2D eigenvalue weighted by molar-refractivity contribution is 8.00. The molecule has 3 rings (SSSR count). The highest BCUT2D eigenvalue weighted by Crippen LogP contribution is 2.54. The third-order valence-corrected chi connectivity index (χ3v) is 6.14. The van der Waals surface area contributed by atoms with E-state index >= 15 is 0 Å². The van der Waals surface area contributed by atoms with Crippen molar-refractivity contribution in [2.24, 2.45) is 0 Å². The first-order chi connectivity index (χ1) is 12.1. The molecule has 134 valence electrons. The number of rotatable bonds is 6. The minimum atomic E-state index is -0.640. The normalized spacial score (nSPS) is 24.9. The number of carbonyl (C=O) groups is 3. The van der Waals surface area contributed by atoms with E-state index < -0.39 is 16.9 Å². The molecule has 0 bridgehead atoms. The number of benzene rings is 1. The lowest BCUT2D eigenvalue weighted by molar-refractivity contribution is -0.156. The first-order valence-electron chi connectivity index (χ1n) is 8.53. The number of carbonyl (C=O) groups excluding carboxylic acids is 3. The van der Waals surface area contributed by atoms with Crippen LogP contribution in [0.2, 0.25) is 0 Å². The summed E-state index contributed by atoms with van der Waals surface area (Å²) in [4.78, 5) is 37.7. The van der Waals surface area contributed by atoms with E-state index in [-0.39, 0.29) is 18.4 Å². The molecule has 0 spiro atoms. The van der Waals surface area contributed by atoms with Crippen molar-refractivity contribution >= 4 is 29.5 Å². The molecule has 7 heteroatoms. The summed E-state index contributed by atoms with van der Waals surface area (Å²) in [5.41, 5.74) is 1.03. The van der Waals surface area contributed by atoms with Crippen molar-refractivity contribution in [1.82, 2.24) is 10.2 Å². The summed E-state index contributed by atoms with van der Waals surface area (Å²) in [6, 6.07) is 9.15. The zero-order valence-corrected chi connectivity index (χ0v) is 15.0. The SMILES string of the molecule is CCCNC(=O)COC(=O)[C@H]1CS[C@@]2(c3ccccc3)CCC(=O)N12. The smallest absolute Gasteiger partial charge is 0.330 e. The van der Waals surface area contributed by atoms with E-state index in [0.717, 1.165) is 12.0 Å². The quantitative estimate of drug-likeness (QED) is 0.779. The van der Waals surface area contributed by atoms with Gasteiger partial charge in [0, 0.05) is 18.7 Å². The molecule has 25 heavy (non-hydrogen) atoms. The number of hydrogen-bond acceptors (Lipinski definition) is 5. The van der Waals surface area contributed by atoms with Gasteiger partial charge in [-0.3, -0.25) is 9.59 Å². The van der Waals surface area contributed by atoms with E-state index in [0.29, 0.717) is 25.1 Å². The van der Waals surface area contributed by atoms with Crippen LogP contribution in [0, 0.1) is 0 Å². The summed E-state index contributed by atoms with van der Waals surface area (Å²) in [6.07, 6.45) is 1.92. The van der Waals surface area contributed by atoms with Crippen molar-refractivity contribution in [3.63, 3.8) is 0 Å². The third kappa shape index (κ3) is 3.38. The molecule has 1 aromatic rings. The molecular weight excluding hydrogens is 340 g/mol. The van der Waals surface area contributed by atoms with Gasteiger partial charge in [-0.15, -0.1) is 11.8 Å². The van der Waals surface area contributed by atoms with Crippen LogP contribution in [0.15, 0.2) is 30.3 Å². The monoisotopic (exact) mass is 362 g/mol. The predicted molar refractivity (Wildman–Crippen MR) is 94.7 cm³/mol. The fourth-order valence-corrected chi connectivity index (χ4v) is 5.00. The molecule has 2 aliphatic rings. The lowest BCUT2D eigenvalue weighted by Crippen LogP contribution is -2.47. The minimum absolute atomic E-state index is 0.0359. The van der Waals surface area contributed by atoms with Crippen LogP contribution in [0.3, 0.4) is 0 Å². The van der Waals surface area contributed by atoms with Crippen molar-refractivity contribution in [3.05, 3.63) is 35.9 Å². The van der Waals surface area contributed by atoms with Crippen molar-refractivity contribution in [2.75, 3.05) is 18.9 Å². The Labute approximate surface area is 151 Å². The van der Waals surface area contributed by atoms with Crippen molar-refractivity contribution < 1.29 is 19.1 Å². The first kappa shape index (κ1) is 17.8. The van der Waals surface area contributed by atoms with Gasteiger partial charge in [-0.1, -0.05) is 37.3 Å². The Morgan fingerprint density at radius 3 is 2.84 bits per heavy atom. The zero-order chi connectivity index (χ0) is 17.9. The molecule has 2 fully saturated rings. The van der Waals surface area contributed by atoms with Crippen LogP contribution < -0.4 is 5.32 Å². The highest BCUT2D eigenvalue weighted by atomic mass is 32.2. The molecule has 2 heterocycles. The first-order valence-corrected chi connectivity index (χ1v) is 9.52. The van der Waals surface area contributed by atoms with Gasteiger partial charge in [-0.2, -0.15) is 0 Å². The van der Waals surface area contributed by atoms with Gasteiger partial charge in [0.25, 0.3) is 5.91 Å². The van der Waals surface area contributed by atoms with Gasteiger partial charge in [-0.25, -0.2) is 4.79 Å². The number of nitrogens with zero attached hydrogens (tertiary/aromatic N) is 1. The van der Waals surface area contributed by atoms with Crippen molar-refractivity contribution in [2.45, 2.75) is 37.1 Å². The Kier molecular flexibility index (Phi) is 5.32. The molecule has 1 aromatic carbocycles. The van der Waals surface area contributed by atoms with Crippen LogP contribution >= 0.6 is 11.8 Å². The Bertz CT molecular complexity index is 666. The summed E-state index contributed by atoms with van der Waals surface area (Å²) >= 11 is 1.61. The van der Waals surface area contributed by atoms with E-state index in [9.17, 15) is 14.4 Å². The number of esters is 1. The molecule has 6 nitrogen and oxygen atoms in total. The Balaban J connectivity index is 1.71. The predicted octanol–water partition coefficient (Wildman–Crippen LogP) is 1.65. The summed E-state index contributed by atoms with van der Waals surface area (Å²) in [5.74, 6) is -0.378. The standard InChI is InChI=1S/C18H22N2O4S/c1-2-10-19-15(21)11-24-17(23)14-12-25-18(9-8-16(22)20(14)18)13-6-4-3-5-7-13/h3-7,14H,2,8-12H2,1H3,(H,19,21)/t14-,18-/m1/s1. The topological polar surface area (TPSA) is 75.7 Å². The Morgan fingerprint density at radius 2 is 2.12 bits per heavy atom. The van der Waals surface area contributed by atoms with E-state index in [1.54, 1.807) is 16.7 Å². The minimum Gasteiger partial charge on any atom is -0.454 e. The number of fused-ring (bicyclic) bond motifs is 1. The van der Waals surface area contributed by atoms with Gasteiger partial charge in [0.2, 0.25) is 5.91 Å². The molecule has 0 aliphatic carbocycles. The third-order valence-electron chi connectivity index (χ3n) is 4.54. The summed E-state index contributed by atoms with van der Waals surface area (Å²) in [7, 11) is 0. The lowest BCUT2D eigenvalue weighted by Gasteiger charge is -2.33. The van der Waals surface area contributed by atoms with Crippen molar-refractivity contribution in [1.29, 1.82) is 0 Å². The average molecular weight is 362 g/mol. The second-order valence-corrected chi connectivity index (χ2v) is 7.50. The molecule has 0 saturated carbocycles. The maximum atomic E-state index is 12.5. The van der Waals surface area contributed by atoms with E-state index in [1.165, 1.54) is 0 Å². The molecule has 0 aromatic heterocycles. The van der Waals surface area contributed by atoms with Crippen LogP contribution in [-0.4, -0.2) is 47.6 Å².